The van der Waals surface area contributed by atoms with E-state index in [9.17, 15) is 0 Å². The predicted octanol–water partition coefficient (Wildman–Crippen LogP) is 1.61. The van der Waals surface area contributed by atoms with Crippen LogP contribution in [0.2, 0.25) is 0 Å². The number of hydrogen-bond donors (Lipinski definition) is 1. The van der Waals surface area contributed by atoms with E-state index in [1.165, 1.54) is 25.9 Å². The van der Waals surface area contributed by atoms with E-state index in [0.717, 1.165) is 13.1 Å². The molecule has 2 atom stereocenters. The van der Waals surface area contributed by atoms with Crippen LogP contribution in [0, 0.1) is 17.2 Å². The van der Waals surface area contributed by atoms with Crippen molar-refractivity contribution in [3.63, 3.8) is 0 Å². The maximum Gasteiger partial charge on any atom is 0.0638 e. The van der Waals surface area contributed by atoms with E-state index in [1.807, 2.05) is 0 Å². The number of hydrogen-bond acceptors (Lipinski definition) is 3. The second kappa shape index (κ2) is 6.81. The first-order valence-electron chi connectivity index (χ1n) is 6.09. The Morgan fingerprint density at radius 1 is 1.47 bits per heavy atom. The fourth-order valence-electron chi connectivity index (χ4n) is 2.14. The normalized spacial score (nSPS) is 28.3. The van der Waals surface area contributed by atoms with E-state index in [2.05, 4.69) is 30.1 Å². The molecule has 0 amide bonds. The van der Waals surface area contributed by atoms with Crippen molar-refractivity contribution in [3.8, 4) is 6.07 Å². The summed E-state index contributed by atoms with van der Waals surface area (Å²) in [6, 6.07) is 2.64. The molecule has 1 aliphatic rings. The largest absolute Gasteiger partial charge is 0.311 e. The molecule has 3 nitrogen and oxygen atoms in total. The van der Waals surface area contributed by atoms with Crippen molar-refractivity contribution in [1.29, 1.82) is 5.26 Å². The van der Waals surface area contributed by atoms with Crippen LogP contribution in [-0.4, -0.2) is 37.1 Å². The molecule has 0 bridgehead atoms. The van der Waals surface area contributed by atoms with E-state index in [-0.39, 0.29) is 0 Å². The number of nitriles is 1. The molecule has 1 fully saturated rings. The van der Waals surface area contributed by atoms with Crippen LogP contribution in [0.15, 0.2) is 0 Å². The second-order valence-electron chi connectivity index (χ2n) is 4.69. The quantitative estimate of drug-likeness (QED) is 0.764. The summed E-state index contributed by atoms with van der Waals surface area (Å²) in [5.41, 5.74) is 0. The number of unbranched alkanes of at least 4 members (excludes halogenated alkanes) is 1. The van der Waals surface area contributed by atoms with Gasteiger partial charge in [0.05, 0.1) is 12.5 Å². The van der Waals surface area contributed by atoms with Gasteiger partial charge in [-0.15, -0.1) is 0 Å². The standard InChI is InChI=1S/C12H23N3/c1-3-4-7-15-9-11(2)8-14-12(10-15)5-6-13/h11-12,14H,3-5,7-10H2,1-2H3. The van der Waals surface area contributed by atoms with E-state index in [4.69, 9.17) is 5.26 Å². The molecule has 0 spiro atoms. The van der Waals surface area contributed by atoms with Crippen LogP contribution in [0.5, 0.6) is 0 Å². The number of nitrogens with zero attached hydrogens (tertiary/aromatic N) is 2. The summed E-state index contributed by atoms with van der Waals surface area (Å²) < 4.78 is 0. The molecule has 1 heterocycles. The first kappa shape index (κ1) is 12.5. The van der Waals surface area contributed by atoms with Crippen LogP contribution in [0.3, 0.4) is 0 Å². The Morgan fingerprint density at radius 2 is 2.27 bits per heavy atom. The zero-order chi connectivity index (χ0) is 11.1. The summed E-state index contributed by atoms with van der Waals surface area (Å²) in [5.74, 6) is 0.700. The molecule has 0 aromatic carbocycles. The maximum absolute atomic E-state index is 8.73. The smallest absolute Gasteiger partial charge is 0.0638 e. The molecule has 1 aliphatic heterocycles. The summed E-state index contributed by atoms with van der Waals surface area (Å²) in [4.78, 5) is 2.51. The molecule has 0 aliphatic carbocycles. The predicted molar refractivity (Wildman–Crippen MR) is 62.5 cm³/mol. The van der Waals surface area contributed by atoms with Crippen molar-refractivity contribution in [2.24, 2.45) is 5.92 Å². The lowest BCUT2D eigenvalue weighted by Crippen LogP contribution is -2.37. The van der Waals surface area contributed by atoms with Gasteiger partial charge in [0.1, 0.15) is 0 Å². The lowest BCUT2D eigenvalue weighted by atomic mass is 10.1. The number of rotatable bonds is 4. The Labute approximate surface area is 93.5 Å². The minimum absolute atomic E-state index is 0.372. The van der Waals surface area contributed by atoms with Gasteiger partial charge in [-0.3, -0.25) is 0 Å². The minimum Gasteiger partial charge on any atom is -0.311 e. The van der Waals surface area contributed by atoms with Gasteiger partial charge >= 0.3 is 0 Å². The molecule has 2 unspecified atom stereocenters. The van der Waals surface area contributed by atoms with Crippen molar-refractivity contribution < 1.29 is 0 Å². The lowest BCUT2D eigenvalue weighted by Gasteiger charge is -2.23. The SMILES string of the molecule is CCCCN1CC(C)CNC(CC#N)C1. The van der Waals surface area contributed by atoms with Gasteiger partial charge in [-0.25, -0.2) is 0 Å². The van der Waals surface area contributed by atoms with Crippen molar-refractivity contribution in [2.45, 2.75) is 39.2 Å². The van der Waals surface area contributed by atoms with E-state index in [0.29, 0.717) is 18.4 Å². The highest BCUT2D eigenvalue weighted by molar-refractivity contribution is 4.86. The van der Waals surface area contributed by atoms with Crippen molar-refractivity contribution in [3.05, 3.63) is 0 Å². The van der Waals surface area contributed by atoms with E-state index in [1.54, 1.807) is 0 Å². The van der Waals surface area contributed by atoms with Crippen LogP contribution in [-0.2, 0) is 0 Å². The van der Waals surface area contributed by atoms with Crippen molar-refractivity contribution in [2.75, 3.05) is 26.2 Å². The molecule has 0 saturated carbocycles. The Hall–Kier alpha value is -0.590. The third-order valence-corrected chi connectivity index (χ3v) is 2.97. The van der Waals surface area contributed by atoms with Gasteiger partial charge < -0.3 is 10.2 Å². The van der Waals surface area contributed by atoms with Crippen molar-refractivity contribution >= 4 is 0 Å². The zero-order valence-electron chi connectivity index (χ0n) is 10.00. The highest BCUT2D eigenvalue weighted by atomic mass is 15.2. The van der Waals surface area contributed by atoms with Crippen LogP contribution < -0.4 is 5.32 Å². The molecule has 1 N–H and O–H groups in total. The summed E-state index contributed by atoms with van der Waals surface area (Å²) in [5, 5.41) is 12.2. The van der Waals surface area contributed by atoms with E-state index >= 15 is 0 Å². The maximum atomic E-state index is 8.73. The molecule has 15 heavy (non-hydrogen) atoms. The summed E-state index contributed by atoms with van der Waals surface area (Å²) in [6.45, 7) is 8.96. The van der Waals surface area contributed by atoms with Gasteiger partial charge in [0.15, 0.2) is 0 Å². The van der Waals surface area contributed by atoms with Crippen molar-refractivity contribution in [1.82, 2.24) is 10.2 Å². The molecule has 0 aromatic heterocycles. The van der Waals surface area contributed by atoms with Gasteiger partial charge in [-0.2, -0.15) is 5.26 Å². The molecule has 0 aromatic rings. The minimum atomic E-state index is 0.372. The Kier molecular flexibility index (Phi) is 5.67. The third kappa shape index (κ3) is 4.63. The fourth-order valence-corrected chi connectivity index (χ4v) is 2.14. The molecule has 0 radical (unpaired) electrons. The average molecular weight is 209 g/mol. The second-order valence-corrected chi connectivity index (χ2v) is 4.69. The lowest BCUT2D eigenvalue weighted by molar-refractivity contribution is 0.245. The number of nitrogens with one attached hydrogen (secondary N) is 1. The van der Waals surface area contributed by atoms with Gasteiger partial charge in [-0.1, -0.05) is 20.3 Å². The Bertz CT molecular complexity index is 209. The molecule has 1 rings (SSSR count). The highest BCUT2D eigenvalue weighted by Crippen LogP contribution is 2.09. The molecule has 86 valence electrons. The summed E-state index contributed by atoms with van der Waals surface area (Å²) >= 11 is 0. The van der Waals surface area contributed by atoms with Crippen LogP contribution in [0.4, 0.5) is 0 Å². The highest BCUT2D eigenvalue weighted by Gasteiger charge is 2.20. The topological polar surface area (TPSA) is 39.1 Å². The monoisotopic (exact) mass is 209 g/mol. The Balaban J connectivity index is 2.42. The van der Waals surface area contributed by atoms with Gasteiger partial charge in [0, 0.05) is 19.1 Å². The van der Waals surface area contributed by atoms with Crippen LogP contribution in [0.1, 0.15) is 33.1 Å². The van der Waals surface area contributed by atoms with Crippen LogP contribution >= 0.6 is 0 Å². The fraction of sp³-hybridized carbons (Fsp3) is 0.917. The van der Waals surface area contributed by atoms with Crippen LogP contribution in [0.25, 0.3) is 0 Å². The first-order chi connectivity index (χ1) is 7.26. The van der Waals surface area contributed by atoms with E-state index < -0.39 is 0 Å². The average Bonchev–Trinajstić information content (AvgIpc) is 2.38. The first-order valence-corrected chi connectivity index (χ1v) is 6.09. The molecule has 1 saturated heterocycles. The van der Waals surface area contributed by atoms with Gasteiger partial charge in [0.25, 0.3) is 0 Å². The molecular formula is C12H23N3. The summed E-state index contributed by atoms with van der Waals surface area (Å²) in [7, 11) is 0. The third-order valence-electron chi connectivity index (χ3n) is 2.97. The Morgan fingerprint density at radius 3 is 2.93 bits per heavy atom. The van der Waals surface area contributed by atoms with Gasteiger partial charge in [0.2, 0.25) is 0 Å². The zero-order valence-corrected chi connectivity index (χ0v) is 10.00. The molecular weight excluding hydrogens is 186 g/mol. The summed E-state index contributed by atoms with van der Waals surface area (Å²) in [6.07, 6.45) is 3.16. The van der Waals surface area contributed by atoms with Gasteiger partial charge in [-0.05, 0) is 25.4 Å². The molecule has 3 heteroatoms.